The van der Waals surface area contributed by atoms with Crippen LogP contribution in [0.4, 0.5) is 0 Å². The Morgan fingerprint density at radius 3 is 3.43 bits per heavy atom. The summed E-state index contributed by atoms with van der Waals surface area (Å²) in [4.78, 5) is 4.92. The predicted octanol–water partition coefficient (Wildman–Crippen LogP) is 0.254. The van der Waals surface area contributed by atoms with E-state index in [0.29, 0.717) is 0 Å². The monoisotopic (exact) mass is 119 g/mol. The van der Waals surface area contributed by atoms with Gasteiger partial charge >= 0.3 is 0 Å². The van der Waals surface area contributed by atoms with E-state index in [4.69, 9.17) is 4.84 Å². The first-order valence-electron chi connectivity index (χ1n) is 2.42. The highest BCUT2D eigenvalue weighted by Gasteiger charge is 1.94. The average molecular weight is 119 g/mol. The Hall–Kier alpha value is 0.270. The van der Waals surface area contributed by atoms with Crippen LogP contribution in [0, 0.1) is 0 Å². The SMILES string of the molecule is C1CSCCON1. The fraction of sp³-hybridized carbons (Fsp3) is 1.00. The summed E-state index contributed by atoms with van der Waals surface area (Å²) in [6.07, 6.45) is 0. The third kappa shape index (κ3) is 2.16. The number of hydrogen-bond donors (Lipinski definition) is 1. The Morgan fingerprint density at radius 2 is 2.43 bits per heavy atom. The highest BCUT2D eigenvalue weighted by molar-refractivity contribution is 7.99. The van der Waals surface area contributed by atoms with Crippen LogP contribution < -0.4 is 5.48 Å². The van der Waals surface area contributed by atoms with E-state index in [1.165, 1.54) is 5.75 Å². The molecule has 0 bridgehead atoms. The van der Waals surface area contributed by atoms with Crippen molar-refractivity contribution in [2.75, 3.05) is 24.7 Å². The summed E-state index contributed by atoms with van der Waals surface area (Å²) in [7, 11) is 0. The first-order valence-corrected chi connectivity index (χ1v) is 3.58. The molecule has 0 aromatic carbocycles. The molecule has 42 valence electrons. The maximum atomic E-state index is 4.92. The molecule has 0 aromatic rings. The molecule has 0 saturated carbocycles. The second-order valence-corrected chi connectivity index (χ2v) is 2.58. The van der Waals surface area contributed by atoms with Crippen molar-refractivity contribution in [1.29, 1.82) is 0 Å². The standard InChI is InChI=1S/C4H9NOS/c1-3-7-4-2-6-5-1/h5H,1-4H2. The van der Waals surface area contributed by atoms with E-state index < -0.39 is 0 Å². The lowest BCUT2D eigenvalue weighted by Crippen LogP contribution is -2.14. The van der Waals surface area contributed by atoms with Gasteiger partial charge in [0.2, 0.25) is 0 Å². The molecule has 1 aliphatic rings. The fourth-order valence-electron chi connectivity index (χ4n) is 0.461. The molecule has 1 fully saturated rings. The lowest BCUT2D eigenvalue weighted by atomic mass is 10.8. The third-order valence-corrected chi connectivity index (χ3v) is 1.73. The fourth-order valence-corrected chi connectivity index (χ4v) is 1.09. The topological polar surface area (TPSA) is 21.3 Å². The van der Waals surface area contributed by atoms with E-state index in [1.54, 1.807) is 0 Å². The molecule has 0 amide bonds. The highest BCUT2D eigenvalue weighted by Crippen LogP contribution is 1.99. The van der Waals surface area contributed by atoms with Crippen LogP contribution in [0.1, 0.15) is 0 Å². The van der Waals surface area contributed by atoms with E-state index in [1.807, 2.05) is 11.8 Å². The van der Waals surface area contributed by atoms with Gasteiger partial charge in [-0.05, 0) is 0 Å². The first-order chi connectivity index (χ1) is 3.50. The second-order valence-electron chi connectivity index (χ2n) is 1.36. The smallest absolute Gasteiger partial charge is 0.0772 e. The van der Waals surface area contributed by atoms with Crippen LogP contribution in [0.3, 0.4) is 0 Å². The van der Waals surface area contributed by atoms with Crippen molar-refractivity contribution in [3.05, 3.63) is 0 Å². The molecule has 3 heteroatoms. The van der Waals surface area contributed by atoms with Gasteiger partial charge in [0.1, 0.15) is 0 Å². The molecule has 1 saturated heterocycles. The summed E-state index contributed by atoms with van der Waals surface area (Å²) < 4.78 is 0. The molecule has 0 unspecified atom stereocenters. The summed E-state index contributed by atoms with van der Waals surface area (Å²) in [6, 6.07) is 0. The molecule has 1 N–H and O–H groups in total. The molecule has 0 atom stereocenters. The summed E-state index contributed by atoms with van der Waals surface area (Å²) in [5, 5.41) is 0. The Bertz CT molecular complexity index is 31.3. The van der Waals surface area contributed by atoms with Crippen LogP contribution >= 0.6 is 11.8 Å². The maximum absolute atomic E-state index is 4.92. The van der Waals surface area contributed by atoms with Crippen molar-refractivity contribution >= 4 is 11.8 Å². The Balaban J connectivity index is 2.04. The molecule has 7 heavy (non-hydrogen) atoms. The predicted molar refractivity (Wildman–Crippen MR) is 31.3 cm³/mol. The van der Waals surface area contributed by atoms with Crippen molar-refractivity contribution in [3.63, 3.8) is 0 Å². The van der Waals surface area contributed by atoms with E-state index >= 15 is 0 Å². The molecule has 2 nitrogen and oxygen atoms in total. The maximum Gasteiger partial charge on any atom is 0.0772 e. The van der Waals surface area contributed by atoms with Crippen molar-refractivity contribution in [2.45, 2.75) is 0 Å². The summed E-state index contributed by atoms with van der Waals surface area (Å²) >= 11 is 1.93. The number of rotatable bonds is 0. The van der Waals surface area contributed by atoms with Crippen molar-refractivity contribution < 1.29 is 4.84 Å². The minimum absolute atomic E-state index is 0.852. The highest BCUT2D eigenvalue weighted by atomic mass is 32.2. The van der Waals surface area contributed by atoms with Crippen LogP contribution in [-0.2, 0) is 4.84 Å². The lowest BCUT2D eigenvalue weighted by molar-refractivity contribution is 0.0601. The summed E-state index contributed by atoms with van der Waals surface area (Å²) in [5.74, 6) is 2.31. The second kappa shape index (κ2) is 3.29. The van der Waals surface area contributed by atoms with E-state index in [0.717, 1.165) is 18.9 Å². The average Bonchev–Trinajstić information content (AvgIpc) is 1.90. The third-order valence-electron chi connectivity index (χ3n) is 0.780. The number of hydrogen-bond acceptors (Lipinski definition) is 3. The molecule has 0 radical (unpaired) electrons. The van der Waals surface area contributed by atoms with Gasteiger partial charge in [-0.3, -0.25) is 0 Å². The van der Waals surface area contributed by atoms with Gasteiger partial charge in [0, 0.05) is 18.1 Å². The number of hydroxylamine groups is 1. The van der Waals surface area contributed by atoms with Gasteiger partial charge in [-0.1, -0.05) is 0 Å². The normalized spacial score (nSPS) is 24.0. The zero-order valence-electron chi connectivity index (χ0n) is 4.14. The Kier molecular flexibility index (Phi) is 2.55. The molecule has 0 spiro atoms. The zero-order valence-corrected chi connectivity index (χ0v) is 4.96. The molecule has 0 aliphatic carbocycles. The molecule has 1 aliphatic heterocycles. The molecular weight excluding hydrogens is 110 g/mol. The van der Waals surface area contributed by atoms with Crippen molar-refractivity contribution in [3.8, 4) is 0 Å². The zero-order chi connectivity index (χ0) is 4.95. The van der Waals surface area contributed by atoms with E-state index in [9.17, 15) is 0 Å². The van der Waals surface area contributed by atoms with Crippen LogP contribution in [0.2, 0.25) is 0 Å². The van der Waals surface area contributed by atoms with Gasteiger partial charge in [-0.15, -0.1) is 0 Å². The van der Waals surface area contributed by atoms with E-state index in [-0.39, 0.29) is 0 Å². The molecular formula is C4H9NOS. The van der Waals surface area contributed by atoms with Crippen LogP contribution in [0.5, 0.6) is 0 Å². The van der Waals surface area contributed by atoms with Gasteiger partial charge in [0.05, 0.1) is 6.61 Å². The van der Waals surface area contributed by atoms with Gasteiger partial charge < -0.3 is 4.84 Å². The quantitative estimate of drug-likeness (QED) is 0.494. The molecule has 1 heterocycles. The number of nitrogens with one attached hydrogen (secondary N) is 1. The van der Waals surface area contributed by atoms with Gasteiger partial charge in [0.15, 0.2) is 0 Å². The summed E-state index contributed by atoms with van der Waals surface area (Å²) in [6.45, 7) is 1.84. The van der Waals surface area contributed by atoms with Crippen LogP contribution in [-0.4, -0.2) is 24.7 Å². The lowest BCUT2D eigenvalue weighted by Gasteiger charge is -1.93. The minimum atomic E-state index is 0.852. The number of thioether (sulfide) groups is 1. The van der Waals surface area contributed by atoms with Crippen LogP contribution in [0.15, 0.2) is 0 Å². The largest absolute Gasteiger partial charge is 0.301 e. The van der Waals surface area contributed by atoms with Gasteiger partial charge in [-0.25, -0.2) is 5.48 Å². The molecule has 1 rings (SSSR count). The van der Waals surface area contributed by atoms with E-state index in [2.05, 4.69) is 5.48 Å². The Morgan fingerprint density at radius 1 is 1.43 bits per heavy atom. The first kappa shape index (κ1) is 5.41. The van der Waals surface area contributed by atoms with Gasteiger partial charge in [0.25, 0.3) is 0 Å². The molecule has 0 aromatic heterocycles. The van der Waals surface area contributed by atoms with Gasteiger partial charge in [-0.2, -0.15) is 11.8 Å². The van der Waals surface area contributed by atoms with Crippen molar-refractivity contribution in [2.24, 2.45) is 0 Å². The Labute approximate surface area is 47.6 Å². The van der Waals surface area contributed by atoms with Crippen molar-refractivity contribution in [1.82, 2.24) is 5.48 Å². The van der Waals surface area contributed by atoms with Crippen LogP contribution in [0.25, 0.3) is 0 Å². The summed E-state index contributed by atoms with van der Waals surface area (Å²) in [5.41, 5.74) is 2.83. The minimum Gasteiger partial charge on any atom is -0.301 e.